The van der Waals surface area contributed by atoms with Gasteiger partial charge in [0.05, 0.1) is 32.1 Å². The smallest absolute Gasteiger partial charge is 0.142 e. The van der Waals surface area contributed by atoms with Gasteiger partial charge >= 0.3 is 0 Å². The van der Waals surface area contributed by atoms with Gasteiger partial charge < -0.3 is 9.64 Å². The highest BCUT2D eigenvalue weighted by molar-refractivity contribution is 5.81. The molecule has 2 aromatic carbocycles. The molecule has 0 spiro atoms. The van der Waals surface area contributed by atoms with E-state index < -0.39 is 0 Å². The first-order chi connectivity index (χ1) is 11.3. The van der Waals surface area contributed by atoms with E-state index in [0.29, 0.717) is 0 Å². The van der Waals surface area contributed by atoms with Gasteiger partial charge in [0.15, 0.2) is 0 Å². The first kappa shape index (κ1) is 15.4. The fourth-order valence-electron chi connectivity index (χ4n) is 2.82. The predicted molar refractivity (Wildman–Crippen MR) is 95.6 cm³/mol. The van der Waals surface area contributed by atoms with Crippen LogP contribution >= 0.6 is 0 Å². The fraction of sp³-hybridized carbons (Fsp3) is 0.316. The summed E-state index contributed by atoms with van der Waals surface area (Å²) in [7, 11) is 1.72. The monoisotopic (exact) mass is 309 g/mol. The minimum absolute atomic E-state index is 0.917. The molecule has 0 saturated carbocycles. The van der Waals surface area contributed by atoms with Crippen LogP contribution in [-0.4, -0.2) is 44.5 Å². The highest BCUT2D eigenvalue weighted by Crippen LogP contribution is 2.28. The van der Waals surface area contributed by atoms with Crippen molar-refractivity contribution in [3.8, 4) is 5.75 Å². The Kier molecular flexibility index (Phi) is 4.81. The Labute approximate surface area is 138 Å². The van der Waals surface area contributed by atoms with E-state index in [4.69, 9.17) is 4.74 Å². The molecule has 1 aliphatic rings. The van der Waals surface area contributed by atoms with E-state index in [0.717, 1.165) is 37.6 Å². The Morgan fingerprint density at radius 3 is 2.39 bits per heavy atom. The topological polar surface area (TPSA) is 28.1 Å². The number of ether oxygens (including phenoxy) is 1. The van der Waals surface area contributed by atoms with Gasteiger partial charge in [0.25, 0.3) is 0 Å². The Hall–Kier alpha value is -2.49. The molecule has 3 rings (SSSR count). The fourth-order valence-corrected chi connectivity index (χ4v) is 2.82. The lowest BCUT2D eigenvalue weighted by Gasteiger charge is -2.35. The molecular weight excluding hydrogens is 286 g/mol. The summed E-state index contributed by atoms with van der Waals surface area (Å²) in [6.45, 7) is 5.85. The number of para-hydroxylation sites is 2. The highest BCUT2D eigenvalue weighted by atomic mass is 16.5. The van der Waals surface area contributed by atoms with E-state index in [1.807, 2.05) is 24.4 Å². The number of piperazine rings is 1. The van der Waals surface area contributed by atoms with Crippen LogP contribution < -0.4 is 9.64 Å². The van der Waals surface area contributed by atoms with Crippen molar-refractivity contribution < 1.29 is 4.74 Å². The number of hydrogen-bond acceptors (Lipinski definition) is 4. The zero-order valence-electron chi connectivity index (χ0n) is 13.8. The molecule has 2 aromatic rings. The van der Waals surface area contributed by atoms with Crippen LogP contribution in [0.4, 0.5) is 5.69 Å². The summed E-state index contributed by atoms with van der Waals surface area (Å²) in [6, 6.07) is 16.5. The molecule has 1 aliphatic heterocycles. The molecule has 1 fully saturated rings. The van der Waals surface area contributed by atoms with Crippen molar-refractivity contribution in [3.05, 3.63) is 59.7 Å². The second-order valence-electron chi connectivity index (χ2n) is 5.71. The number of methoxy groups -OCH3 is 1. The number of benzene rings is 2. The maximum atomic E-state index is 5.46. The summed E-state index contributed by atoms with van der Waals surface area (Å²) < 4.78 is 5.46. The van der Waals surface area contributed by atoms with Gasteiger partial charge in [-0.1, -0.05) is 36.4 Å². The van der Waals surface area contributed by atoms with Crippen molar-refractivity contribution in [1.82, 2.24) is 5.01 Å². The zero-order valence-corrected chi connectivity index (χ0v) is 13.8. The largest absolute Gasteiger partial charge is 0.495 e. The van der Waals surface area contributed by atoms with Crippen LogP contribution in [0.3, 0.4) is 0 Å². The summed E-state index contributed by atoms with van der Waals surface area (Å²) in [5.74, 6) is 0.935. The number of rotatable bonds is 4. The van der Waals surface area contributed by atoms with Crippen LogP contribution in [0.5, 0.6) is 5.75 Å². The van der Waals surface area contributed by atoms with Crippen LogP contribution in [0.15, 0.2) is 53.6 Å². The van der Waals surface area contributed by atoms with Gasteiger partial charge in [-0.05, 0) is 30.2 Å². The zero-order chi connectivity index (χ0) is 16.1. The third-order valence-electron chi connectivity index (χ3n) is 4.23. The number of aryl methyl sites for hydroxylation is 1. The lowest BCUT2D eigenvalue weighted by Crippen LogP contribution is -2.44. The van der Waals surface area contributed by atoms with Crippen molar-refractivity contribution in [2.75, 3.05) is 38.2 Å². The normalized spacial score (nSPS) is 15.2. The van der Waals surface area contributed by atoms with Crippen LogP contribution in [0.1, 0.15) is 11.1 Å². The molecule has 120 valence electrons. The number of hydrogen-bond donors (Lipinski definition) is 0. The van der Waals surface area contributed by atoms with Gasteiger partial charge in [-0.2, -0.15) is 5.10 Å². The molecule has 0 aromatic heterocycles. The van der Waals surface area contributed by atoms with Gasteiger partial charge in [0, 0.05) is 13.1 Å². The summed E-state index contributed by atoms with van der Waals surface area (Å²) in [4.78, 5) is 2.36. The number of nitrogens with zero attached hydrogens (tertiary/aromatic N) is 3. The van der Waals surface area contributed by atoms with Crippen molar-refractivity contribution in [2.45, 2.75) is 6.92 Å². The molecule has 0 unspecified atom stereocenters. The quantitative estimate of drug-likeness (QED) is 0.812. The third-order valence-corrected chi connectivity index (χ3v) is 4.23. The molecule has 1 heterocycles. The Morgan fingerprint density at radius 1 is 0.957 bits per heavy atom. The summed E-state index contributed by atoms with van der Waals surface area (Å²) in [6.07, 6.45) is 1.97. The van der Waals surface area contributed by atoms with Gasteiger partial charge in [-0.15, -0.1) is 0 Å². The molecular formula is C19H23N3O. The Morgan fingerprint density at radius 2 is 1.65 bits per heavy atom. The van der Waals surface area contributed by atoms with Gasteiger partial charge in [0.1, 0.15) is 5.75 Å². The van der Waals surface area contributed by atoms with E-state index in [-0.39, 0.29) is 0 Å². The van der Waals surface area contributed by atoms with Crippen LogP contribution in [0.2, 0.25) is 0 Å². The molecule has 4 nitrogen and oxygen atoms in total. The van der Waals surface area contributed by atoms with Gasteiger partial charge in [-0.3, -0.25) is 5.01 Å². The maximum Gasteiger partial charge on any atom is 0.142 e. The molecule has 0 bridgehead atoms. The van der Waals surface area contributed by atoms with Crippen molar-refractivity contribution in [3.63, 3.8) is 0 Å². The molecule has 1 saturated heterocycles. The predicted octanol–water partition coefficient (Wildman–Crippen LogP) is 3.16. The van der Waals surface area contributed by atoms with E-state index in [1.165, 1.54) is 11.1 Å². The molecule has 0 N–H and O–H groups in total. The lowest BCUT2D eigenvalue weighted by atomic mass is 10.1. The van der Waals surface area contributed by atoms with Crippen LogP contribution in [-0.2, 0) is 0 Å². The first-order valence-electron chi connectivity index (χ1n) is 8.00. The van der Waals surface area contributed by atoms with E-state index in [1.54, 1.807) is 7.11 Å². The summed E-state index contributed by atoms with van der Waals surface area (Å²) in [5, 5.41) is 6.77. The highest BCUT2D eigenvalue weighted by Gasteiger charge is 2.18. The van der Waals surface area contributed by atoms with E-state index in [2.05, 4.69) is 52.3 Å². The Balaban J connectivity index is 1.61. The Bertz CT molecular complexity index is 676. The molecule has 4 heteroatoms. The van der Waals surface area contributed by atoms with Crippen molar-refractivity contribution in [1.29, 1.82) is 0 Å². The average Bonchev–Trinajstić information content (AvgIpc) is 2.61. The van der Waals surface area contributed by atoms with Crippen LogP contribution in [0, 0.1) is 6.92 Å². The third kappa shape index (κ3) is 3.65. The molecule has 0 radical (unpaired) electrons. The molecule has 23 heavy (non-hydrogen) atoms. The van der Waals surface area contributed by atoms with Gasteiger partial charge in [-0.25, -0.2) is 0 Å². The minimum atomic E-state index is 0.917. The second kappa shape index (κ2) is 7.18. The van der Waals surface area contributed by atoms with Crippen molar-refractivity contribution >= 4 is 11.9 Å². The number of hydrazone groups is 1. The molecule has 0 aliphatic carbocycles. The standard InChI is InChI=1S/C19H23N3O/c1-16-7-3-4-8-17(16)15-20-22-13-11-21(12-14-22)18-9-5-6-10-19(18)23-2/h3-10,15H,11-14H2,1-2H3/b20-15+. The first-order valence-corrected chi connectivity index (χ1v) is 8.00. The second-order valence-corrected chi connectivity index (χ2v) is 5.71. The van der Waals surface area contributed by atoms with E-state index in [9.17, 15) is 0 Å². The SMILES string of the molecule is COc1ccccc1N1CCN(/N=C/c2ccccc2C)CC1. The maximum absolute atomic E-state index is 5.46. The number of anilines is 1. The minimum Gasteiger partial charge on any atom is -0.495 e. The lowest BCUT2D eigenvalue weighted by molar-refractivity contribution is 0.271. The summed E-state index contributed by atoms with van der Waals surface area (Å²) >= 11 is 0. The average molecular weight is 309 g/mol. The van der Waals surface area contributed by atoms with Crippen LogP contribution in [0.25, 0.3) is 0 Å². The molecule has 0 amide bonds. The van der Waals surface area contributed by atoms with E-state index >= 15 is 0 Å². The summed E-state index contributed by atoms with van der Waals surface area (Å²) in [5.41, 5.74) is 3.60. The van der Waals surface area contributed by atoms with Crippen molar-refractivity contribution in [2.24, 2.45) is 5.10 Å². The van der Waals surface area contributed by atoms with Gasteiger partial charge in [0.2, 0.25) is 0 Å². The molecule has 0 atom stereocenters.